The number of amides is 1. The normalized spacial score (nSPS) is 18.2. The van der Waals surface area contributed by atoms with Crippen molar-refractivity contribution >= 4 is 17.2 Å². The summed E-state index contributed by atoms with van der Waals surface area (Å²) in [6, 6.07) is 9.45. The van der Waals surface area contributed by atoms with E-state index in [1.807, 2.05) is 54.5 Å². The zero-order chi connectivity index (χ0) is 22.6. The monoisotopic (exact) mass is 455 g/mol. The molecule has 9 heteroatoms. The molecule has 2 N–H and O–H groups in total. The molecule has 1 aliphatic heterocycles. The van der Waals surface area contributed by atoms with Crippen LogP contribution < -0.4 is 5.32 Å². The molecule has 170 valence electrons. The van der Waals surface area contributed by atoms with Crippen molar-refractivity contribution in [1.29, 1.82) is 0 Å². The second-order valence-electron chi connectivity index (χ2n) is 8.35. The third kappa shape index (κ3) is 5.84. The first-order chi connectivity index (χ1) is 14.6. The van der Waals surface area contributed by atoms with E-state index in [0.717, 1.165) is 11.3 Å². The van der Waals surface area contributed by atoms with Crippen LogP contribution in [0.3, 0.4) is 0 Å². The summed E-state index contributed by atoms with van der Waals surface area (Å²) < 4.78 is 39.5. The molecule has 1 atom stereocenters. The van der Waals surface area contributed by atoms with Crippen LogP contribution in [0, 0.1) is 0 Å². The highest BCUT2D eigenvalue weighted by atomic mass is 32.1. The lowest BCUT2D eigenvalue weighted by Crippen LogP contribution is -2.57. The molecule has 5 nitrogen and oxygen atoms in total. The number of thiazole rings is 1. The fourth-order valence-corrected chi connectivity index (χ4v) is 4.60. The number of alkyl halides is 3. The first kappa shape index (κ1) is 23.7. The Bertz CT molecular complexity index is 862. The summed E-state index contributed by atoms with van der Waals surface area (Å²) in [4.78, 5) is 18.9. The maximum Gasteiger partial charge on any atom is 0.417 e. The van der Waals surface area contributed by atoms with Crippen molar-refractivity contribution in [2.24, 2.45) is 0 Å². The Hall–Kier alpha value is -1.97. The second-order valence-corrected chi connectivity index (χ2v) is 9.21. The highest BCUT2D eigenvalue weighted by Crippen LogP contribution is 2.38. The van der Waals surface area contributed by atoms with E-state index in [2.05, 4.69) is 10.3 Å². The summed E-state index contributed by atoms with van der Waals surface area (Å²) in [6.07, 6.45) is -4.80. The van der Waals surface area contributed by atoms with Crippen LogP contribution in [0.1, 0.15) is 53.7 Å². The number of piperidine rings is 1. The number of aromatic nitrogens is 1. The number of halogens is 3. The van der Waals surface area contributed by atoms with Crippen molar-refractivity contribution in [3.05, 3.63) is 52.0 Å². The Morgan fingerprint density at radius 1 is 1.26 bits per heavy atom. The minimum atomic E-state index is -4.64. The molecule has 0 radical (unpaired) electrons. The van der Waals surface area contributed by atoms with Crippen molar-refractivity contribution in [2.75, 3.05) is 19.6 Å². The summed E-state index contributed by atoms with van der Waals surface area (Å²) >= 11 is 1.28. The van der Waals surface area contributed by atoms with Crippen molar-refractivity contribution < 1.29 is 23.1 Å². The molecule has 1 fully saturated rings. The number of nitrogens with zero attached hydrogens (tertiary/aromatic N) is 2. The highest BCUT2D eigenvalue weighted by Gasteiger charge is 2.54. The van der Waals surface area contributed by atoms with Gasteiger partial charge in [-0.1, -0.05) is 44.2 Å². The van der Waals surface area contributed by atoms with Gasteiger partial charge in [0.1, 0.15) is 0 Å². The average molecular weight is 456 g/mol. The van der Waals surface area contributed by atoms with E-state index < -0.39 is 11.8 Å². The Morgan fingerprint density at radius 2 is 1.90 bits per heavy atom. The quantitative estimate of drug-likeness (QED) is 0.663. The van der Waals surface area contributed by atoms with Gasteiger partial charge in [0, 0.05) is 31.1 Å². The lowest BCUT2D eigenvalue weighted by Gasteiger charge is -2.42. The summed E-state index contributed by atoms with van der Waals surface area (Å²) in [7, 11) is 0. The van der Waals surface area contributed by atoms with E-state index in [0.29, 0.717) is 11.4 Å². The van der Waals surface area contributed by atoms with Gasteiger partial charge in [-0.15, -0.1) is 11.3 Å². The predicted molar refractivity (Wildman–Crippen MR) is 114 cm³/mol. The van der Waals surface area contributed by atoms with Gasteiger partial charge in [-0.2, -0.15) is 13.2 Å². The molecular weight excluding hydrogens is 427 g/mol. The minimum absolute atomic E-state index is 0.109. The highest BCUT2D eigenvalue weighted by molar-refractivity contribution is 7.11. The summed E-state index contributed by atoms with van der Waals surface area (Å²) in [5, 5.41) is 15.1. The number of rotatable bonds is 7. The molecule has 0 aliphatic carbocycles. The zero-order valence-corrected chi connectivity index (χ0v) is 18.5. The third-order valence-corrected chi connectivity index (χ3v) is 6.65. The fourth-order valence-electron chi connectivity index (χ4n) is 3.70. The van der Waals surface area contributed by atoms with Gasteiger partial charge >= 0.3 is 6.18 Å². The van der Waals surface area contributed by atoms with Crippen LogP contribution in [0.25, 0.3) is 0 Å². The lowest BCUT2D eigenvalue weighted by atomic mass is 9.89. The fraction of sp³-hybridized carbons (Fsp3) is 0.545. The Kier molecular flexibility index (Phi) is 7.39. The van der Waals surface area contributed by atoms with Gasteiger partial charge in [0.2, 0.25) is 0 Å². The van der Waals surface area contributed by atoms with E-state index in [4.69, 9.17) is 0 Å². The molecule has 1 saturated heterocycles. The molecule has 1 amide bonds. The second kappa shape index (κ2) is 9.67. The topological polar surface area (TPSA) is 65.5 Å². The van der Waals surface area contributed by atoms with Crippen molar-refractivity contribution in [3.8, 4) is 0 Å². The van der Waals surface area contributed by atoms with Crippen LogP contribution in [-0.2, 0) is 6.42 Å². The Balaban J connectivity index is 1.67. The molecule has 0 bridgehead atoms. The average Bonchev–Trinajstić information content (AvgIpc) is 3.22. The molecule has 0 saturated carbocycles. The van der Waals surface area contributed by atoms with Gasteiger partial charge < -0.3 is 10.4 Å². The summed E-state index contributed by atoms with van der Waals surface area (Å²) in [5.74, 6) is -0.0527. The van der Waals surface area contributed by atoms with E-state index >= 15 is 0 Å². The number of likely N-dealkylation sites (tertiary alicyclic amines) is 1. The molecule has 2 aromatic rings. The zero-order valence-electron chi connectivity index (χ0n) is 17.7. The first-order valence-corrected chi connectivity index (χ1v) is 11.3. The number of hydrogen-bond acceptors (Lipinski definition) is 5. The number of aliphatic hydroxyl groups is 1. The molecule has 1 aromatic heterocycles. The van der Waals surface area contributed by atoms with Gasteiger partial charge in [-0.3, -0.25) is 9.69 Å². The van der Waals surface area contributed by atoms with Crippen LogP contribution >= 0.6 is 11.3 Å². The van der Waals surface area contributed by atoms with Crippen LogP contribution in [0.15, 0.2) is 35.7 Å². The third-order valence-electron chi connectivity index (χ3n) is 5.79. The molecule has 31 heavy (non-hydrogen) atoms. The predicted octanol–water partition coefficient (Wildman–Crippen LogP) is 4.00. The summed E-state index contributed by atoms with van der Waals surface area (Å²) in [5.41, 5.74) is -0.744. The van der Waals surface area contributed by atoms with Gasteiger partial charge in [0.05, 0.1) is 5.69 Å². The SMILES string of the molecule is CC(C)c1csc(C(=O)NCC(Cc2ccccc2)N2CCC(O)(C(F)(F)F)CC2)n1. The number of nitrogens with one attached hydrogen (secondary N) is 1. The minimum Gasteiger partial charge on any atom is -0.380 e. The molecule has 3 rings (SSSR count). The van der Waals surface area contributed by atoms with Crippen molar-refractivity contribution in [3.63, 3.8) is 0 Å². The van der Waals surface area contributed by atoms with Crippen LogP contribution in [0.5, 0.6) is 0 Å². The number of carbonyl (C=O) groups excluding carboxylic acids is 1. The van der Waals surface area contributed by atoms with Gasteiger partial charge in [-0.25, -0.2) is 4.98 Å². The van der Waals surface area contributed by atoms with E-state index in [1.165, 1.54) is 11.3 Å². The van der Waals surface area contributed by atoms with Gasteiger partial charge in [-0.05, 0) is 30.7 Å². The lowest BCUT2D eigenvalue weighted by molar-refractivity contribution is -0.273. The molecular formula is C22H28F3N3O2S. The number of carbonyl (C=O) groups is 1. The summed E-state index contributed by atoms with van der Waals surface area (Å²) in [6.45, 7) is 4.52. The van der Waals surface area contributed by atoms with Crippen LogP contribution in [-0.4, -0.2) is 58.4 Å². The standard InChI is InChI=1S/C22H28F3N3O2S/c1-15(2)18-14-31-20(27-18)19(29)26-13-17(12-16-6-4-3-5-7-16)28-10-8-21(30,9-11-28)22(23,24)25/h3-7,14-15,17,30H,8-13H2,1-2H3,(H,26,29). The smallest absolute Gasteiger partial charge is 0.380 e. The van der Waals surface area contributed by atoms with Crippen LogP contribution in [0.4, 0.5) is 13.2 Å². The maximum atomic E-state index is 13.2. The number of hydrogen-bond donors (Lipinski definition) is 2. The van der Waals surface area contributed by atoms with E-state index in [1.54, 1.807) is 0 Å². The van der Waals surface area contributed by atoms with E-state index in [9.17, 15) is 23.1 Å². The Morgan fingerprint density at radius 3 is 2.45 bits per heavy atom. The molecule has 1 unspecified atom stereocenters. The van der Waals surface area contributed by atoms with Crippen molar-refractivity contribution in [1.82, 2.24) is 15.2 Å². The van der Waals surface area contributed by atoms with E-state index in [-0.39, 0.29) is 50.3 Å². The number of benzene rings is 1. The molecule has 2 heterocycles. The molecule has 1 aromatic carbocycles. The first-order valence-electron chi connectivity index (χ1n) is 10.4. The largest absolute Gasteiger partial charge is 0.417 e. The van der Waals surface area contributed by atoms with Crippen LogP contribution in [0.2, 0.25) is 0 Å². The van der Waals surface area contributed by atoms with Gasteiger partial charge in [0.25, 0.3) is 5.91 Å². The maximum absolute atomic E-state index is 13.2. The molecule has 0 spiro atoms. The van der Waals surface area contributed by atoms with Gasteiger partial charge in [0.15, 0.2) is 10.6 Å². The Labute approximate surface area is 184 Å². The van der Waals surface area contributed by atoms with Crippen molar-refractivity contribution in [2.45, 2.75) is 56.8 Å². The molecule has 1 aliphatic rings.